The predicted octanol–water partition coefficient (Wildman–Crippen LogP) is 8.22. The van der Waals surface area contributed by atoms with Crippen LogP contribution in [0.15, 0.2) is 103 Å². The van der Waals surface area contributed by atoms with Crippen LogP contribution in [-0.4, -0.2) is 65.3 Å². The molecule has 56 heavy (non-hydrogen) atoms. The Morgan fingerprint density at radius 3 is 2.05 bits per heavy atom. The van der Waals surface area contributed by atoms with Crippen LogP contribution in [-0.2, 0) is 29.2 Å². The van der Waals surface area contributed by atoms with E-state index in [0.717, 1.165) is 110 Å². The number of amides is 2. The first-order chi connectivity index (χ1) is 27.4. The number of carbonyl (C=O) groups excluding carboxylic acids is 1. The quantitative estimate of drug-likeness (QED) is 0.143. The molecule has 4 aromatic rings. The van der Waals surface area contributed by atoms with Gasteiger partial charge in [0.2, 0.25) is 0 Å². The van der Waals surface area contributed by atoms with Crippen LogP contribution in [0.1, 0.15) is 85.7 Å². The number of benzene rings is 4. The Kier molecular flexibility index (Phi) is 11.0. The minimum absolute atomic E-state index is 0.000572. The number of urea groups is 1. The van der Waals surface area contributed by atoms with E-state index >= 15 is 0 Å². The van der Waals surface area contributed by atoms with Crippen molar-refractivity contribution in [2.24, 2.45) is 23.7 Å². The maximum Gasteiger partial charge on any atom is 0.315 e. The van der Waals surface area contributed by atoms with Gasteiger partial charge in [0.1, 0.15) is 0 Å². The highest BCUT2D eigenvalue weighted by molar-refractivity contribution is 5.75. The van der Waals surface area contributed by atoms with Crippen molar-refractivity contribution in [2.75, 3.05) is 32.7 Å². The lowest BCUT2D eigenvalue weighted by Gasteiger charge is -2.56. The van der Waals surface area contributed by atoms with Gasteiger partial charge in [-0.15, -0.1) is 0 Å². The molecule has 8 nitrogen and oxygen atoms in total. The van der Waals surface area contributed by atoms with Gasteiger partial charge in [-0.05, 0) is 102 Å². The van der Waals surface area contributed by atoms with Gasteiger partial charge in [-0.25, -0.2) is 4.79 Å². The third kappa shape index (κ3) is 8.46. The molecule has 3 N–H and O–H groups in total. The number of hydrogen-bond acceptors (Lipinski definition) is 6. The molecule has 8 heteroatoms. The summed E-state index contributed by atoms with van der Waals surface area (Å²) in [5.74, 6) is 2.51. The van der Waals surface area contributed by atoms with Gasteiger partial charge in [-0.3, -0.25) is 9.80 Å². The third-order valence-electron chi connectivity index (χ3n) is 13.6. The van der Waals surface area contributed by atoms with Gasteiger partial charge in [0.25, 0.3) is 0 Å². The standard InChI is InChI=1S/C48H58N4O4/c1-33-44(31-52-19-17-51(18-20-52)30-34-7-3-2-4-8-34)55-46(56-45(33)40-15-13-35(32-53)14-16-40)43-12-6-11-42(25-43)41-10-5-9-36(24-41)29-49-47(54)50-48-26-37-21-38(27-48)23-39(22-37)28-48/h2-16,24-25,33,37-39,44-46,53H,17-23,26-32H2,1H3,(H2,49,50,54)/t33-,37?,38?,39?,44+,45+,46+,48?/m0/s1. The van der Waals surface area contributed by atoms with Crippen LogP contribution >= 0.6 is 0 Å². The number of aliphatic hydroxyl groups excluding tert-OH is 1. The number of nitrogens with one attached hydrogen (secondary N) is 2. The van der Waals surface area contributed by atoms with E-state index in [4.69, 9.17) is 9.47 Å². The summed E-state index contributed by atoms with van der Waals surface area (Å²) in [6, 6.07) is 35.9. The molecule has 0 aromatic heterocycles. The maximum absolute atomic E-state index is 13.2. The topological polar surface area (TPSA) is 86.3 Å². The molecule has 2 saturated heterocycles. The van der Waals surface area contributed by atoms with E-state index in [1.54, 1.807) is 0 Å². The second kappa shape index (κ2) is 16.4. The van der Waals surface area contributed by atoms with Gasteiger partial charge >= 0.3 is 6.03 Å². The average Bonchev–Trinajstić information content (AvgIpc) is 3.21. The molecule has 294 valence electrons. The van der Waals surface area contributed by atoms with E-state index in [0.29, 0.717) is 6.54 Å². The molecule has 4 aliphatic carbocycles. The Hall–Kier alpha value is -4.05. The fraction of sp³-hybridized carbons (Fsp3) is 0.479. The number of rotatable bonds is 11. The molecule has 4 saturated carbocycles. The number of carbonyl (C=O) groups is 1. The summed E-state index contributed by atoms with van der Waals surface area (Å²) in [6.45, 7) is 8.66. The van der Waals surface area contributed by atoms with E-state index in [9.17, 15) is 9.90 Å². The van der Waals surface area contributed by atoms with E-state index in [-0.39, 0.29) is 36.3 Å². The molecule has 2 amide bonds. The Balaban J connectivity index is 0.874. The molecule has 2 heterocycles. The summed E-state index contributed by atoms with van der Waals surface area (Å²) in [4.78, 5) is 18.3. The fourth-order valence-corrected chi connectivity index (χ4v) is 11.0. The summed E-state index contributed by atoms with van der Waals surface area (Å²) in [6.07, 6.45) is 6.82. The Morgan fingerprint density at radius 2 is 1.36 bits per heavy atom. The van der Waals surface area contributed by atoms with Crippen LogP contribution in [0.25, 0.3) is 11.1 Å². The smallest absolute Gasteiger partial charge is 0.315 e. The normalized spacial score (nSPS) is 30.3. The maximum atomic E-state index is 13.2. The molecule has 0 spiro atoms. The van der Waals surface area contributed by atoms with Crippen molar-refractivity contribution in [1.29, 1.82) is 0 Å². The SMILES string of the molecule is C[C@H]1[C@@H](CN2CCN(Cc3ccccc3)CC2)O[C@@H](c2cccc(-c3cccc(CNC(=O)NC45CC6CC(CC(C6)C4)C5)c3)c2)O[C@H]1c1ccc(CO)cc1. The van der Waals surface area contributed by atoms with Crippen molar-refractivity contribution >= 4 is 6.03 Å². The van der Waals surface area contributed by atoms with Crippen molar-refractivity contribution in [3.63, 3.8) is 0 Å². The lowest BCUT2D eigenvalue weighted by atomic mass is 9.53. The van der Waals surface area contributed by atoms with E-state index in [1.807, 2.05) is 12.1 Å². The van der Waals surface area contributed by atoms with Gasteiger partial charge in [0.05, 0.1) is 18.8 Å². The fourth-order valence-electron chi connectivity index (χ4n) is 11.0. The van der Waals surface area contributed by atoms with Gasteiger partial charge < -0.3 is 25.2 Å². The van der Waals surface area contributed by atoms with Crippen LogP contribution in [0.2, 0.25) is 0 Å². The molecule has 4 atom stereocenters. The molecular weight excluding hydrogens is 697 g/mol. The Labute approximate surface area is 332 Å². The highest BCUT2D eigenvalue weighted by Gasteiger charge is 2.51. The minimum atomic E-state index is -0.531. The van der Waals surface area contributed by atoms with E-state index in [1.165, 1.54) is 24.8 Å². The summed E-state index contributed by atoms with van der Waals surface area (Å²) in [7, 11) is 0. The first kappa shape index (κ1) is 37.5. The van der Waals surface area contributed by atoms with Crippen LogP contribution in [0.5, 0.6) is 0 Å². The summed E-state index contributed by atoms with van der Waals surface area (Å²) in [5, 5.41) is 16.4. The predicted molar refractivity (Wildman–Crippen MR) is 219 cm³/mol. The molecule has 2 aliphatic heterocycles. The molecule has 6 aliphatic rings. The summed E-state index contributed by atoms with van der Waals surface area (Å²) < 4.78 is 13.8. The molecule has 4 aromatic carbocycles. The van der Waals surface area contributed by atoms with Crippen LogP contribution in [0.3, 0.4) is 0 Å². The van der Waals surface area contributed by atoms with Crippen molar-refractivity contribution in [1.82, 2.24) is 20.4 Å². The molecular formula is C48H58N4O4. The molecule has 0 radical (unpaired) electrons. The Bertz CT molecular complexity index is 1910. The molecule has 4 bridgehead atoms. The zero-order chi connectivity index (χ0) is 38.1. The van der Waals surface area contributed by atoms with Crippen molar-refractivity contribution in [3.05, 3.63) is 131 Å². The third-order valence-corrected chi connectivity index (χ3v) is 13.6. The minimum Gasteiger partial charge on any atom is -0.392 e. The number of piperazine rings is 1. The second-order valence-electron chi connectivity index (χ2n) is 17.7. The first-order valence-electron chi connectivity index (χ1n) is 21.1. The highest BCUT2D eigenvalue weighted by Crippen LogP contribution is 2.55. The van der Waals surface area contributed by atoms with Crippen molar-refractivity contribution in [2.45, 2.75) is 89.2 Å². The molecule has 10 rings (SSSR count). The van der Waals surface area contributed by atoms with Crippen molar-refractivity contribution in [3.8, 4) is 11.1 Å². The lowest BCUT2D eigenvalue weighted by Crippen LogP contribution is -2.61. The van der Waals surface area contributed by atoms with Crippen LogP contribution < -0.4 is 10.6 Å². The zero-order valence-corrected chi connectivity index (χ0v) is 32.8. The van der Waals surface area contributed by atoms with Gasteiger partial charge in [-0.1, -0.05) is 97.9 Å². The first-order valence-corrected chi connectivity index (χ1v) is 21.1. The van der Waals surface area contributed by atoms with Crippen LogP contribution in [0.4, 0.5) is 4.79 Å². The summed E-state index contributed by atoms with van der Waals surface area (Å²) >= 11 is 0. The number of ether oxygens (including phenoxy) is 2. The summed E-state index contributed by atoms with van der Waals surface area (Å²) in [5.41, 5.74) is 7.60. The number of aliphatic hydroxyl groups is 1. The van der Waals surface area contributed by atoms with Crippen molar-refractivity contribution < 1.29 is 19.4 Å². The molecule has 0 unspecified atom stereocenters. The largest absolute Gasteiger partial charge is 0.392 e. The van der Waals surface area contributed by atoms with Crippen LogP contribution in [0, 0.1) is 23.7 Å². The zero-order valence-electron chi connectivity index (χ0n) is 32.8. The Morgan fingerprint density at radius 1 is 0.714 bits per heavy atom. The lowest BCUT2D eigenvalue weighted by molar-refractivity contribution is -0.276. The number of hydrogen-bond donors (Lipinski definition) is 3. The van der Waals surface area contributed by atoms with E-state index in [2.05, 4.69) is 118 Å². The van der Waals surface area contributed by atoms with Gasteiger partial charge in [0, 0.05) is 62.8 Å². The monoisotopic (exact) mass is 754 g/mol. The second-order valence-corrected chi connectivity index (χ2v) is 17.7. The number of nitrogens with zero attached hydrogens (tertiary/aromatic N) is 2. The highest BCUT2D eigenvalue weighted by atomic mass is 16.7. The van der Waals surface area contributed by atoms with Gasteiger partial charge in [-0.2, -0.15) is 0 Å². The molecule has 6 fully saturated rings. The average molecular weight is 755 g/mol. The van der Waals surface area contributed by atoms with Gasteiger partial charge in [0.15, 0.2) is 6.29 Å². The van der Waals surface area contributed by atoms with E-state index < -0.39 is 6.29 Å².